The average Bonchev–Trinajstić information content (AvgIpc) is 2.41. The third-order valence-corrected chi connectivity index (χ3v) is 2.37. The van der Waals surface area contributed by atoms with Crippen LogP contribution in [0.3, 0.4) is 0 Å². The Morgan fingerprint density at radius 1 is 1.22 bits per heavy atom. The lowest BCUT2D eigenvalue weighted by molar-refractivity contribution is -0.120. The number of rotatable bonds is 9. The van der Waals surface area contributed by atoms with Crippen LogP contribution in [0.2, 0.25) is 0 Å². The zero-order chi connectivity index (χ0) is 13.1. The van der Waals surface area contributed by atoms with Gasteiger partial charge in [-0.2, -0.15) is 0 Å². The highest BCUT2D eigenvalue weighted by molar-refractivity contribution is 5.77. The van der Waals surface area contributed by atoms with Crippen molar-refractivity contribution in [3.8, 4) is 5.75 Å². The first-order valence-corrected chi connectivity index (χ1v) is 6.48. The zero-order valence-electron chi connectivity index (χ0n) is 10.9. The number of carbonyl (C=O) groups is 1. The third-order valence-electron chi connectivity index (χ3n) is 2.37. The lowest BCUT2D eigenvalue weighted by Crippen LogP contribution is -2.34. The molecular formula is C14H22N2O2. The van der Waals surface area contributed by atoms with Crippen LogP contribution in [0.15, 0.2) is 30.3 Å². The SMILES string of the molecule is CCCNC(=O)CNCCCOc1ccccc1. The van der Waals surface area contributed by atoms with Crippen molar-refractivity contribution < 1.29 is 9.53 Å². The van der Waals surface area contributed by atoms with Crippen molar-refractivity contribution in [3.05, 3.63) is 30.3 Å². The van der Waals surface area contributed by atoms with Crippen molar-refractivity contribution in [2.45, 2.75) is 19.8 Å². The van der Waals surface area contributed by atoms with Crippen LogP contribution in [0.1, 0.15) is 19.8 Å². The number of hydrogen-bond acceptors (Lipinski definition) is 3. The van der Waals surface area contributed by atoms with Crippen molar-refractivity contribution in [2.24, 2.45) is 0 Å². The summed E-state index contributed by atoms with van der Waals surface area (Å²) in [5, 5.41) is 5.90. The predicted molar refractivity (Wildman–Crippen MR) is 72.7 cm³/mol. The molecule has 4 nitrogen and oxygen atoms in total. The molecule has 0 radical (unpaired) electrons. The van der Waals surface area contributed by atoms with Gasteiger partial charge in [-0.1, -0.05) is 25.1 Å². The third kappa shape index (κ3) is 6.91. The second kappa shape index (κ2) is 9.48. The van der Waals surface area contributed by atoms with Crippen molar-refractivity contribution in [1.29, 1.82) is 0 Å². The van der Waals surface area contributed by atoms with E-state index in [-0.39, 0.29) is 5.91 Å². The van der Waals surface area contributed by atoms with Crippen molar-refractivity contribution in [2.75, 3.05) is 26.2 Å². The molecule has 1 amide bonds. The van der Waals surface area contributed by atoms with Gasteiger partial charge in [0.25, 0.3) is 0 Å². The minimum atomic E-state index is 0.0563. The maximum atomic E-state index is 11.3. The summed E-state index contributed by atoms with van der Waals surface area (Å²) in [6, 6.07) is 9.73. The molecule has 0 bridgehead atoms. The first-order valence-electron chi connectivity index (χ1n) is 6.48. The minimum Gasteiger partial charge on any atom is -0.494 e. The van der Waals surface area contributed by atoms with Crippen molar-refractivity contribution in [3.63, 3.8) is 0 Å². The molecule has 0 aliphatic carbocycles. The Kier molecular flexibility index (Phi) is 7.64. The largest absolute Gasteiger partial charge is 0.494 e. The highest BCUT2D eigenvalue weighted by Gasteiger charge is 1.98. The summed E-state index contributed by atoms with van der Waals surface area (Å²) in [4.78, 5) is 11.3. The van der Waals surface area contributed by atoms with Gasteiger partial charge in [-0.15, -0.1) is 0 Å². The molecule has 1 rings (SSSR count). The van der Waals surface area contributed by atoms with Gasteiger partial charge in [0, 0.05) is 6.54 Å². The Hall–Kier alpha value is -1.55. The van der Waals surface area contributed by atoms with E-state index in [0.717, 1.165) is 31.7 Å². The molecule has 0 aromatic heterocycles. The monoisotopic (exact) mass is 250 g/mol. The molecule has 0 saturated heterocycles. The molecule has 0 aliphatic heterocycles. The molecule has 0 atom stereocenters. The fraction of sp³-hybridized carbons (Fsp3) is 0.500. The van der Waals surface area contributed by atoms with Gasteiger partial charge in [0.15, 0.2) is 0 Å². The number of nitrogens with one attached hydrogen (secondary N) is 2. The van der Waals surface area contributed by atoms with Crippen molar-refractivity contribution >= 4 is 5.91 Å². The molecule has 0 spiro atoms. The Morgan fingerprint density at radius 2 is 2.00 bits per heavy atom. The Labute approximate surface area is 109 Å². The van der Waals surface area contributed by atoms with Crippen LogP contribution in [-0.2, 0) is 4.79 Å². The van der Waals surface area contributed by atoms with Crippen LogP contribution in [0, 0.1) is 0 Å². The predicted octanol–water partition coefficient (Wildman–Crippen LogP) is 1.57. The molecule has 1 aromatic rings. The number of amides is 1. The zero-order valence-corrected chi connectivity index (χ0v) is 10.9. The molecule has 4 heteroatoms. The Bertz CT molecular complexity index is 328. The van der Waals surface area contributed by atoms with Gasteiger partial charge in [0.05, 0.1) is 13.2 Å². The maximum Gasteiger partial charge on any atom is 0.233 e. The van der Waals surface area contributed by atoms with E-state index in [1.165, 1.54) is 0 Å². The summed E-state index contributed by atoms with van der Waals surface area (Å²) in [7, 11) is 0. The van der Waals surface area contributed by atoms with Crippen LogP contribution in [0.25, 0.3) is 0 Å². The van der Waals surface area contributed by atoms with Gasteiger partial charge in [-0.05, 0) is 31.5 Å². The molecule has 100 valence electrons. The summed E-state index contributed by atoms with van der Waals surface area (Å²) in [6.07, 6.45) is 1.85. The summed E-state index contributed by atoms with van der Waals surface area (Å²) < 4.78 is 5.54. The molecule has 2 N–H and O–H groups in total. The topological polar surface area (TPSA) is 50.4 Å². The number of benzene rings is 1. The second-order valence-electron chi connectivity index (χ2n) is 4.04. The van der Waals surface area contributed by atoms with Crippen LogP contribution >= 0.6 is 0 Å². The number of ether oxygens (including phenoxy) is 1. The average molecular weight is 250 g/mol. The molecule has 18 heavy (non-hydrogen) atoms. The van der Waals surface area contributed by atoms with E-state index in [1.807, 2.05) is 37.3 Å². The summed E-state index contributed by atoms with van der Waals surface area (Å²) in [5.74, 6) is 0.944. The van der Waals surface area contributed by atoms with E-state index in [4.69, 9.17) is 4.74 Å². The number of para-hydroxylation sites is 1. The van der Waals surface area contributed by atoms with E-state index in [1.54, 1.807) is 0 Å². The van der Waals surface area contributed by atoms with Gasteiger partial charge in [0.1, 0.15) is 5.75 Å². The van der Waals surface area contributed by atoms with E-state index >= 15 is 0 Å². The number of carbonyl (C=O) groups excluding carboxylic acids is 1. The lowest BCUT2D eigenvalue weighted by atomic mass is 10.3. The number of hydrogen-bond donors (Lipinski definition) is 2. The highest BCUT2D eigenvalue weighted by Crippen LogP contribution is 2.07. The fourth-order valence-electron chi connectivity index (χ4n) is 1.43. The minimum absolute atomic E-state index is 0.0563. The van der Waals surface area contributed by atoms with E-state index in [9.17, 15) is 4.79 Å². The van der Waals surface area contributed by atoms with Gasteiger partial charge >= 0.3 is 0 Å². The van der Waals surface area contributed by atoms with Crippen LogP contribution in [-0.4, -0.2) is 32.1 Å². The smallest absolute Gasteiger partial charge is 0.233 e. The van der Waals surface area contributed by atoms with Crippen LogP contribution < -0.4 is 15.4 Å². The maximum absolute atomic E-state index is 11.3. The fourth-order valence-corrected chi connectivity index (χ4v) is 1.43. The molecule has 0 aliphatic rings. The van der Waals surface area contributed by atoms with Crippen molar-refractivity contribution in [1.82, 2.24) is 10.6 Å². The molecule has 0 heterocycles. The lowest BCUT2D eigenvalue weighted by Gasteiger charge is -2.07. The molecular weight excluding hydrogens is 228 g/mol. The molecule has 1 aromatic carbocycles. The van der Waals surface area contributed by atoms with Crippen LogP contribution in [0.5, 0.6) is 5.75 Å². The highest BCUT2D eigenvalue weighted by atomic mass is 16.5. The van der Waals surface area contributed by atoms with Gasteiger partial charge in [-0.3, -0.25) is 4.79 Å². The molecule has 0 fully saturated rings. The van der Waals surface area contributed by atoms with E-state index in [2.05, 4.69) is 10.6 Å². The first-order chi connectivity index (χ1) is 8.83. The Balaban J connectivity index is 1.94. The summed E-state index contributed by atoms with van der Waals surface area (Å²) >= 11 is 0. The van der Waals surface area contributed by atoms with Gasteiger partial charge in [0.2, 0.25) is 5.91 Å². The second-order valence-corrected chi connectivity index (χ2v) is 4.04. The van der Waals surface area contributed by atoms with E-state index in [0.29, 0.717) is 13.2 Å². The van der Waals surface area contributed by atoms with Crippen LogP contribution in [0.4, 0.5) is 0 Å². The van der Waals surface area contributed by atoms with Gasteiger partial charge in [-0.25, -0.2) is 0 Å². The molecule has 0 unspecified atom stereocenters. The Morgan fingerprint density at radius 3 is 2.72 bits per heavy atom. The molecule has 0 saturated carbocycles. The standard InChI is InChI=1S/C14H22N2O2/c1-2-9-16-14(17)12-15-10-6-11-18-13-7-4-3-5-8-13/h3-5,7-8,15H,2,6,9-12H2,1H3,(H,16,17). The van der Waals surface area contributed by atoms with Gasteiger partial charge < -0.3 is 15.4 Å². The summed E-state index contributed by atoms with van der Waals surface area (Å²) in [5.41, 5.74) is 0. The summed E-state index contributed by atoms with van der Waals surface area (Å²) in [6.45, 7) is 4.61. The normalized spacial score (nSPS) is 10.1. The van der Waals surface area contributed by atoms with E-state index < -0.39 is 0 Å². The quantitative estimate of drug-likeness (QED) is 0.654. The first kappa shape index (κ1) is 14.5.